The molecule has 9 heteroatoms. The van der Waals surface area contributed by atoms with Gasteiger partial charge in [0.1, 0.15) is 4.90 Å². The topological polar surface area (TPSA) is 111 Å². The van der Waals surface area contributed by atoms with Gasteiger partial charge in [0, 0.05) is 13.2 Å². The fraction of sp³-hybridized carbons (Fsp3) is 0.300. The molecule has 1 amide bonds. The Labute approximate surface area is 169 Å². The zero-order chi connectivity index (χ0) is 20.9. The number of carbonyl (C=O) groups is 2. The van der Waals surface area contributed by atoms with E-state index in [1.54, 1.807) is 12.1 Å². The number of ether oxygens (including phenoxy) is 2. The molecule has 2 aromatic rings. The number of nitrogens with one attached hydrogen (secondary N) is 2. The predicted octanol–water partition coefficient (Wildman–Crippen LogP) is 2.18. The largest absolute Gasteiger partial charge is 0.465 e. The summed E-state index contributed by atoms with van der Waals surface area (Å²) in [5, 5.41) is 2.77. The molecule has 29 heavy (non-hydrogen) atoms. The van der Waals surface area contributed by atoms with Crippen molar-refractivity contribution < 1.29 is 27.5 Å². The Bertz CT molecular complexity index is 1000. The molecule has 2 aromatic carbocycles. The minimum Gasteiger partial charge on any atom is -0.465 e. The first kappa shape index (κ1) is 20.8. The molecule has 0 radical (unpaired) electrons. The summed E-state index contributed by atoms with van der Waals surface area (Å²) in [7, 11) is -2.97. The summed E-state index contributed by atoms with van der Waals surface area (Å²) in [6.45, 7) is 1.03. The van der Waals surface area contributed by atoms with Gasteiger partial charge in [-0.25, -0.2) is 13.2 Å². The molecule has 8 nitrogen and oxygen atoms in total. The first-order chi connectivity index (χ1) is 13.9. The predicted molar refractivity (Wildman–Crippen MR) is 106 cm³/mol. The molecule has 1 saturated heterocycles. The van der Waals surface area contributed by atoms with E-state index < -0.39 is 21.9 Å². The van der Waals surface area contributed by atoms with Crippen LogP contribution >= 0.6 is 0 Å². The van der Waals surface area contributed by atoms with E-state index in [9.17, 15) is 18.0 Å². The Morgan fingerprint density at radius 1 is 1.10 bits per heavy atom. The number of hydrogen-bond donors (Lipinski definition) is 2. The molecule has 3 rings (SSSR count). The summed E-state index contributed by atoms with van der Waals surface area (Å²) in [5.41, 5.74) is 0.185. The number of hydrogen-bond acceptors (Lipinski definition) is 6. The lowest BCUT2D eigenvalue weighted by molar-refractivity contribution is 0.0596. The molecule has 1 fully saturated rings. The molecule has 0 aromatic heterocycles. The highest BCUT2D eigenvalue weighted by Gasteiger charge is 2.25. The van der Waals surface area contributed by atoms with E-state index >= 15 is 0 Å². The van der Waals surface area contributed by atoms with Crippen LogP contribution in [0.5, 0.6) is 0 Å². The van der Waals surface area contributed by atoms with Crippen LogP contribution in [0.3, 0.4) is 0 Å². The van der Waals surface area contributed by atoms with Crippen LogP contribution in [-0.4, -0.2) is 46.7 Å². The van der Waals surface area contributed by atoms with Gasteiger partial charge in [0.25, 0.3) is 15.9 Å². The highest BCUT2D eigenvalue weighted by atomic mass is 32.2. The van der Waals surface area contributed by atoms with Crippen molar-refractivity contribution >= 4 is 27.6 Å². The molecule has 2 N–H and O–H groups in total. The summed E-state index contributed by atoms with van der Waals surface area (Å²) in [4.78, 5) is 24.3. The van der Waals surface area contributed by atoms with Gasteiger partial charge in [0.2, 0.25) is 0 Å². The highest BCUT2D eigenvalue weighted by molar-refractivity contribution is 7.92. The standard InChI is InChI=1S/C20H22N2O6S/c1-27-20(24)16-9-3-5-11-18(16)29(25,26)22-17-10-4-2-8-15(17)19(23)21-13-14-7-6-12-28-14/h2-5,8-11,14,22H,6-7,12-13H2,1H3,(H,21,23)/t14-/m0/s1. The van der Waals surface area contributed by atoms with Crippen molar-refractivity contribution in [1.29, 1.82) is 0 Å². The summed E-state index contributed by atoms with van der Waals surface area (Å²) >= 11 is 0. The van der Waals surface area contributed by atoms with Gasteiger partial charge in [0.15, 0.2) is 0 Å². The van der Waals surface area contributed by atoms with Gasteiger partial charge in [0.05, 0.1) is 30.0 Å². The highest BCUT2D eigenvalue weighted by Crippen LogP contribution is 2.23. The molecule has 0 aliphatic carbocycles. The Hall–Kier alpha value is -2.91. The van der Waals surface area contributed by atoms with Gasteiger partial charge in [-0.1, -0.05) is 24.3 Å². The third-order valence-electron chi connectivity index (χ3n) is 4.51. The van der Waals surface area contributed by atoms with Crippen molar-refractivity contribution in [2.75, 3.05) is 25.0 Å². The molecule has 0 spiro atoms. The van der Waals surface area contributed by atoms with E-state index in [0.717, 1.165) is 12.8 Å². The van der Waals surface area contributed by atoms with Gasteiger partial charge in [-0.05, 0) is 37.1 Å². The van der Waals surface area contributed by atoms with Crippen molar-refractivity contribution in [3.05, 3.63) is 59.7 Å². The number of esters is 1. The van der Waals surface area contributed by atoms with Crippen LogP contribution in [0.2, 0.25) is 0 Å². The fourth-order valence-corrected chi connectivity index (χ4v) is 4.33. The molecule has 1 atom stereocenters. The second kappa shape index (κ2) is 9.06. The number of methoxy groups -OCH3 is 1. The quantitative estimate of drug-likeness (QED) is 0.667. The molecule has 0 bridgehead atoms. The maximum atomic E-state index is 12.9. The Morgan fingerprint density at radius 3 is 2.48 bits per heavy atom. The van der Waals surface area contributed by atoms with E-state index in [-0.39, 0.29) is 27.8 Å². The van der Waals surface area contributed by atoms with Crippen LogP contribution in [0, 0.1) is 0 Å². The fourth-order valence-electron chi connectivity index (χ4n) is 3.06. The maximum absolute atomic E-state index is 12.9. The van der Waals surface area contributed by atoms with Crippen LogP contribution in [0.4, 0.5) is 5.69 Å². The summed E-state index contributed by atoms with van der Waals surface area (Å²) < 4.78 is 38.4. The lowest BCUT2D eigenvalue weighted by Gasteiger charge is -2.15. The second-order valence-corrected chi connectivity index (χ2v) is 8.13. The number of carbonyl (C=O) groups excluding carboxylic acids is 2. The SMILES string of the molecule is COC(=O)c1ccccc1S(=O)(=O)Nc1ccccc1C(=O)NC[C@@H]1CCCO1. The monoisotopic (exact) mass is 418 g/mol. The van der Waals surface area contributed by atoms with Crippen LogP contribution in [0.15, 0.2) is 53.4 Å². The first-order valence-corrected chi connectivity index (χ1v) is 10.6. The lowest BCUT2D eigenvalue weighted by atomic mass is 10.1. The molecule has 0 saturated carbocycles. The number of benzene rings is 2. The summed E-state index contributed by atoms with van der Waals surface area (Å²) in [6, 6.07) is 12.0. The van der Waals surface area contributed by atoms with Crippen molar-refractivity contribution in [2.45, 2.75) is 23.8 Å². The van der Waals surface area contributed by atoms with Crippen LogP contribution < -0.4 is 10.0 Å². The van der Waals surface area contributed by atoms with Gasteiger partial charge >= 0.3 is 5.97 Å². The number of rotatable bonds is 7. The lowest BCUT2D eigenvalue weighted by Crippen LogP contribution is -2.32. The van der Waals surface area contributed by atoms with E-state index in [1.165, 1.54) is 43.5 Å². The van der Waals surface area contributed by atoms with Crippen LogP contribution in [0.25, 0.3) is 0 Å². The first-order valence-electron chi connectivity index (χ1n) is 9.11. The molecule has 1 aliphatic heterocycles. The minimum atomic E-state index is -4.14. The summed E-state index contributed by atoms with van der Waals surface area (Å²) in [6.07, 6.45) is 1.80. The van der Waals surface area contributed by atoms with E-state index in [2.05, 4.69) is 14.8 Å². The van der Waals surface area contributed by atoms with Gasteiger partial charge in [-0.3, -0.25) is 9.52 Å². The number of para-hydroxylation sites is 1. The Kier molecular flexibility index (Phi) is 6.50. The van der Waals surface area contributed by atoms with E-state index in [4.69, 9.17) is 4.74 Å². The number of sulfonamides is 1. The van der Waals surface area contributed by atoms with Crippen molar-refractivity contribution in [3.63, 3.8) is 0 Å². The Balaban J connectivity index is 1.83. The maximum Gasteiger partial charge on any atom is 0.339 e. The second-order valence-electron chi connectivity index (χ2n) is 6.48. The molecule has 1 heterocycles. The van der Waals surface area contributed by atoms with Gasteiger partial charge in [-0.15, -0.1) is 0 Å². The van der Waals surface area contributed by atoms with Crippen molar-refractivity contribution in [3.8, 4) is 0 Å². The average molecular weight is 418 g/mol. The Morgan fingerprint density at radius 2 is 1.79 bits per heavy atom. The van der Waals surface area contributed by atoms with Crippen molar-refractivity contribution in [1.82, 2.24) is 5.32 Å². The van der Waals surface area contributed by atoms with Gasteiger partial charge in [-0.2, -0.15) is 0 Å². The molecule has 1 aliphatic rings. The molecule has 154 valence electrons. The average Bonchev–Trinajstić information content (AvgIpc) is 3.25. The zero-order valence-corrected chi connectivity index (χ0v) is 16.7. The van der Waals surface area contributed by atoms with Crippen molar-refractivity contribution in [2.24, 2.45) is 0 Å². The van der Waals surface area contributed by atoms with E-state index in [1.807, 2.05) is 0 Å². The van der Waals surface area contributed by atoms with E-state index in [0.29, 0.717) is 13.2 Å². The molecule has 0 unspecified atom stereocenters. The smallest absolute Gasteiger partial charge is 0.339 e. The molecular formula is C20H22N2O6S. The number of amides is 1. The van der Waals surface area contributed by atoms with Crippen LogP contribution in [0.1, 0.15) is 33.6 Å². The molecular weight excluding hydrogens is 396 g/mol. The zero-order valence-electron chi connectivity index (χ0n) is 15.9. The van der Waals surface area contributed by atoms with Crippen LogP contribution in [-0.2, 0) is 19.5 Å². The minimum absolute atomic E-state index is 0.0327. The number of anilines is 1. The third kappa shape index (κ3) is 4.93. The normalized spacial score (nSPS) is 16.2. The third-order valence-corrected chi connectivity index (χ3v) is 5.94. The summed E-state index contributed by atoms with van der Waals surface area (Å²) in [5.74, 6) is -1.19. The van der Waals surface area contributed by atoms with Gasteiger partial charge < -0.3 is 14.8 Å².